The maximum atomic E-state index is 13.2. The lowest BCUT2D eigenvalue weighted by Crippen LogP contribution is -2.33. The summed E-state index contributed by atoms with van der Waals surface area (Å²) in [5.74, 6) is -1.41. The third kappa shape index (κ3) is 6.55. The number of benzene rings is 2. The molecule has 0 bridgehead atoms. The Morgan fingerprint density at radius 2 is 1.78 bits per heavy atom. The number of hydrogen-bond acceptors (Lipinski definition) is 5. The van der Waals surface area contributed by atoms with Crippen LogP contribution in [0.25, 0.3) is 0 Å². The van der Waals surface area contributed by atoms with Crippen LogP contribution in [0.4, 0.5) is 8.78 Å². The average Bonchev–Trinajstić information content (AvgIpc) is 2.60. The highest BCUT2D eigenvalue weighted by molar-refractivity contribution is 8.76. The van der Waals surface area contributed by atoms with Crippen molar-refractivity contribution in [3.8, 4) is 0 Å². The molecule has 0 atom stereocenters. The summed E-state index contributed by atoms with van der Waals surface area (Å²) in [7, 11) is 3.25. The summed E-state index contributed by atoms with van der Waals surface area (Å²) >= 11 is 0. The van der Waals surface area contributed by atoms with Crippen LogP contribution in [0, 0.1) is 25.5 Å². The largest absolute Gasteiger partial charge is 0.410 e. The van der Waals surface area contributed by atoms with Gasteiger partial charge in [0.2, 0.25) is 0 Å². The van der Waals surface area contributed by atoms with Crippen LogP contribution >= 0.6 is 21.6 Å². The maximum absolute atomic E-state index is 13.2. The molecule has 27 heavy (non-hydrogen) atoms. The fourth-order valence-electron chi connectivity index (χ4n) is 2.41. The quantitative estimate of drug-likeness (QED) is 0.221. The number of halogens is 2. The molecule has 0 saturated heterocycles. The molecule has 0 aliphatic rings. The number of carbonyl (C=O) groups is 1. The van der Waals surface area contributed by atoms with Crippen molar-refractivity contribution in [1.29, 1.82) is 0 Å². The van der Waals surface area contributed by atoms with Crippen LogP contribution in [0.5, 0.6) is 0 Å². The number of hydrogen-bond donors (Lipinski definition) is 2. The standard InChI is InChI=1S/C19H20F2N2O2S2/c1-12-4-3-5-13(2)18(12)27-26-7-6-22-19(24)17(23-25)10-14-8-15(20)11-16(21)9-14/h3-5,8-9,11,25H,6-7,10H2,1-2H3,(H,22,24)/b23-17-. The molecule has 0 aliphatic heterocycles. The van der Waals surface area contributed by atoms with Crippen LogP contribution in [-0.4, -0.2) is 29.1 Å². The van der Waals surface area contributed by atoms with Gasteiger partial charge in [0.05, 0.1) is 0 Å². The Morgan fingerprint density at radius 1 is 1.15 bits per heavy atom. The van der Waals surface area contributed by atoms with Gasteiger partial charge in [-0.3, -0.25) is 4.79 Å². The summed E-state index contributed by atoms with van der Waals surface area (Å²) in [6.45, 7) is 4.48. The number of oxime groups is 1. The fourth-order valence-corrected chi connectivity index (χ4v) is 4.83. The summed E-state index contributed by atoms with van der Waals surface area (Å²) in [6, 6.07) is 9.05. The summed E-state index contributed by atoms with van der Waals surface area (Å²) in [4.78, 5) is 13.3. The van der Waals surface area contributed by atoms with Crippen molar-refractivity contribution < 1.29 is 18.8 Å². The van der Waals surface area contributed by atoms with Gasteiger partial charge in [-0.25, -0.2) is 8.78 Å². The predicted octanol–water partition coefficient (Wildman–Crippen LogP) is 4.51. The van der Waals surface area contributed by atoms with E-state index in [1.165, 1.54) is 16.0 Å². The molecule has 0 spiro atoms. The zero-order valence-electron chi connectivity index (χ0n) is 15.0. The van der Waals surface area contributed by atoms with Crippen LogP contribution in [-0.2, 0) is 11.2 Å². The van der Waals surface area contributed by atoms with Gasteiger partial charge in [-0.05, 0) is 42.7 Å². The molecule has 144 valence electrons. The molecule has 0 fully saturated rings. The number of rotatable bonds is 8. The smallest absolute Gasteiger partial charge is 0.269 e. The normalized spacial score (nSPS) is 11.5. The first kappa shape index (κ1) is 21.2. The van der Waals surface area contributed by atoms with Crippen molar-refractivity contribution in [3.63, 3.8) is 0 Å². The SMILES string of the molecule is Cc1cccc(C)c1SSCCNC(=O)/C(Cc1cc(F)cc(F)c1)=N\O. The third-order valence-electron chi connectivity index (χ3n) is 3.70. The van der Waals surface area contributed by atoms with Gasteiger partial charge < -0.3 is 10.5 Å². The van der Waals surface area contributed by atoms with E-state index in [1.54, 1.807) is 21.6 Å². The number of carbonyl (C=O) groups excluding carboxylic acids is 1. The zero-order valence-corrected chi connectivity index (χ0v) is 16.6. The van der Waals surface area contributed by atoms with Gasteiger partial charge in [0.15, 0.2) is 0 Å². The first-order valence-electron chi connectivity index (χ1n) is 8.20. The Labute approximate surface area is 164 Å². The Bertz CT molecular complexity index is 804. The molecule has 0 aliphatic carbocycles. The molecule has 0 aromatic heterocycles. The molecule has 8 heteroatoms. The van der Waals surface area contributed by atoms with Gasteiger partial charge in [-0.1, -0.05) is 44.9 Å². The molecule has 0 radical (unpaired) electrons. The van der Waals surface area contributed by atoms with E-state index in [2.05, 4.69) is 36.5 Å². The van der Waals surface area contributed by atoms with Crippen LogP contribution in [0.2, 0.25) is 0 Å². The number of nitrogens with one attached hydrogen (secondary N) is 1. The van der Waals surface area contributed by atoms with E-state index in [0.717, 1.165) is 18.2 Å². The fraction of sp³-hybridized carbons (Fsp3) is 0.263. The number of nitrogens with zero attached hydrogens (tertiary/aromatic N) is 1. The van der Waals surface area contributed by atoms with Gasteiger partial charge in [-0.15, -0.1) is 0 Å². The molecule has 2 N–H and O–H groups in total. The van der Waals surface area contributed by atoms with Crippen LogP contribution in [0.3, 0.4) is 0 Å². The molecule has 2 aromatic carbocycles. The van der Waals surface area contributed by atoms with E-state index >= 15 is 0 Å². The molecule has 0 unspecified atom stereocenters. The third-order valence-corrected chi connectivity index (χ3v) is 6.35. The molecule has 2 aromatic rings. The highest BCUT2D eigenvalue weighted by Gasteiger charge is 2.14. The first-order chi connectivity index (χ1) is 12.9. The lowest BCUT2D eigenvalue weighted by Gasteiger charge is -2.09. The van der Waals surface area contributed by atoms with E-state index in [4.69, 9.17) is 5.21 Å². The second kappa shape index (κ2) is 10.3. The van der Waals surface area contributed by atoms with Crippen molar-refractivity contribution in [2.45, 2.75) is 25.2 Å². The Hall–Kier alpha value is -2.06. The summed E-state index contributed by atoms with van der Waals surface area (Å²) < 4.78 is 26.4. The van der Waals surface area contributed by atoms with Gasteiger partial charge in [0.1, 0.15) is 17.3 Å². The molecule has 0 saturated carbocycles. The number of aryl methyl sites for hydroxylation is 2. The molecular weight excluding hydrogens is 390 g/mol. The zero-order chi connectivity index (χ0) is 19.8. The molecule has 1 amide bonds. The molecule has 2 rings (SSSR count). The van der Waals surface area contributed by atoms with Crippen molar-refractivity contribution in [2.24, 2.45) is 5.16 Å². The molecule has 0 heterocycles. The van der Waals surface area contributed by atoms with Crippen molar-refractivity contribution in [2.75, 3.05) is 12.3 Å². The van der Waals surface area contributed by atoms with E-state index in [1.807, 2.05) is 6.07 Å². The predicted molar refractivity (Wildman–Crippen MR) is 107 cm³/mol. The number of amides is 1. The van der Waals surface area contributed by atoms with Crippen LogP contribution in [0.1, 0.15) is 16.7 Å². The minimum absolute atomic E-state index is 0.165. The average molecular weight is 411 g/mol. The second-order valence-corrected chi connectivity index (χ2v) is 8.31. The Kier molecular flexibility index (Phi) is 8.12. The van der Waals surface area contributed by atoms with E-state index in [9.17, 15) is 13.6 Å². The monoisotopic (exact) mass is 410 g/mol. The lowest BCUT2D eigenvalue weighted by molar-refractivity contribution is -0.114. The lowest BCUT2D eigenvalue weighted by atomic mass is 10.1. The van der Waals surface area contributed by atoms with Crippen LogP contribution in [0.15, 0.2) is 46.4 Å². The van der Waals surface area contributed by atoms with Gasteiger partial charge >= 0.3 is 0 Å². The second-order valence-electron chi connectivity index (χ2n) is 5.88. The minimum Gasteiger partial charge on any atom is -0.410 e. The van der Waals surface area contributed by atoms with E-state index < -0.39 is 17.5 Å². The van der Waals surface area contributed by atoms with Gasteiger partial charge in [0, 0.05) is 29.7 Å². The minimum atomic E-state index is -0.748. The maximum Gasteiger partial charge on any atom is 0.269 e. The first-order valence-corrected chi connectivity index (χ1v) is 10.5. The molecular formula is C19H20F2N2O2S2. The van der Waals surface area contributed by atoms with E-state index in [-0.39, 0.29) is 17.7 Å². The van der Waals surface area contributed by atoms with Crippen molar-refractivity contribution in [1.82, 2.24) is 5.32 Å². The highest BCUT2D eigenvalue weighted by Crippen LogP contribution is 2.35. The highest BCUT2D eigenvalue weighted by atomic mass is 33.1. The van der Waals surface area contributed by atoms with Crippen molar-refractivity contribution in [3.05, 3.63) is 64.7 Å². The Balaban J connectivity index is 1.80. The summed E-state index contributed by atoms with van der Waals surface area (Å²) in [5.41, 5.74) is 2.42. The van der Waals surface area contributed by atoms with Crippen molar-refractivity contribution >= 4 is 33.2 Å². The van der Waals surface area contributed by atoms with Crippen LogP contribution < -0.4 is 5.32 Å². The summed E-state index contributed by atoms with van der Waals surface area (Å²) in [5, 5.41) is 14.6. The van der Waals surface area contributed by atoms with Gasteiger partial charge in [0.25, 0.3) is 5.91 Å². The topological polar surface area (TPSA) is 61.7 Å². The summed E-state index contributed by atoms with van der Waals surface area (Å²) in [6.07, 6.45) is -0.165. The van der Waals surface area contributed by atoms with Gasteiger partial charge in [-0.2, -0.15) is 0 Å². The molecule has 4 nitrogen and oxygen atoms in total. The Morgan fingerprint density at radius 3 is 2.37 bits per heavy atom. The van der Waals surface area contributed by atoms with E-state index in [0.29, 0.717) is 12.3 Å².